The molecule has 2 aromatic carbocycles. The van der Waals surface area contributed by atoms with Crippen LogP contribution in [0.3, 0.4) is 0 Å². The molecule has 0 unspecified atom stereocenters. The van der Waals surface area contributed by atoms with E-state index in [1.807, 2.05) is 30.3 Å². The van der Waals surface area contributed by atoms with E-state index in [1.54, 1.807) is 18.2 Å². The standard InChI is InChI=1S/C17H17BrN2O2/c1-2-12-7-9-13(10-8-12)20-16(21)11-19-17(22)14-5-3-4-6-15(14)18/h3-10H,2,11H2,1H3,(H,19,22)(H,20,21). The van der Waals surface area contributed by atoms with E-state index >= 15 is 0 Å². The molecular weight excluding hydrogens is 344 g/mol. The third-order valence-electron chi connectivity index (χ3n) is 3.17. The van der Waals surface area contributed by atoms with Crippen LogP contribution in [0.5, 0.6) is 0 Å². The molecule has 2 rings (SSSR count). The van der Waals surface area contributed by atoms with Gasteiger partial charge in [0.05, 0.1) is 12.1 Å². The number of halogens is 1. The lowest BCUT2D eigenvalue weighted by Gasteiger charge is -2.08. The fraction of sp³-hybridized carbons (Fsp3) is 0.176. The fourth-order valence-corrected chi connectivity index (χ4v) is 2.39. The monoisotopic (exact) mass is 360 g/mol. The van der Waals surface area contributed by atoms with Crippen LogP contribution < -0.4 is 10.6 Å². The highest BCUT2D eigenvalue weighted by molar-refractivity contribution is 9.10. The van der Waals surface area contributed by atoms with Gasteiger partial charge in [0, 0.05) is 10.2 Å². The van der Waals surface area contributed by atoms with E-state index in [1.165, 1.54) is 5.56 Å². The highest BCUT2D eigenvalue weighted by Gasteiger charge is 2.10. The SMILES string of the molecule is CCc1ccc(NC(=O)CNC(=O)c2ccccc2Br)cc1. The van der Waals surface area contributed by atoms with Gasteiger partial charge in [-0.25, -0.2) is 0 Å². The van der Waals surface area contributed by atoms with Crippen LogP contribution in [-0.2, 0) is 11.2 Å². The zero-order valence-electron chi connectivity index (χ0n) is 12.2. The van der Waals surface area contributed by atoms with Crippen LogP contribution in [0.2, 0.25) is 0 Å². The molecule has 4 nitrogen and oxygen atoms in total. The molecule has 0 aliphatic heterocycles. The number of hydrogen-bond donors (Lipinski definition) is 2. The largest absolute Gasteiger partial charge is 0.343 e. The Morgan fingerprint density at radius 2 is 1.73 bits per heavy atom. The molecule has 5 heteroatoms. The predicted molar refractivity (Wildman–Crippen MR) is 90.9 cm³/mol. The topological polar surface area (TPSA) is 58.2 Å². The average molecular weight is 361 g/mol. The summed E-state index contributed by atoms with van der Waals surface area (Å²) in [6.45, 7) is 2.00. The van der Waals surface area contributed by atoms with Crippen molar-refractivity contribution in [3.8, 4) is 0 Å². The Hall–Kier alpha value is -2.14. The van der Waals surface area contributed by atoms with Gasteiger partial charge in [-0.15, -0.1) is 0 Å². The molecule has 22 heavy (non-hydrogen) atoms. The number of hydrogen-bond acceptors (Lipinski definition) is 2. The first kappa shape index (κ1) is 16.2. The van der Waals surface area contributed by atoms with E-state index in [4.69, 9.17) is 0 Å². The highest BCUT2D eigenvalue weighted by atomic mass is 79.9. The molecule has 0 radical (unpaired) electrons. The number of carbonyl (C=O) groups is 2. The molecule has 0 aliphatic carbocycles. The summed E-state index contributed by atoms with van der Waals surface area (Å²) < 4.78 is 0.697. The van der Waals surface area contributed by atoms with Gasteiger partial charge in [0.1, 0.15) is 0 Å². The number of nitrogens with one attached hydrogen (secondary N) is 2. The Kier molecular flexibility index (Phi) is 5.72. The number of benzene rings is 2. The third kappa shape index (κ3) is 4.43. The summed E-state index contributed by atoms with van der Waals surface area (Å²) in [7, 11) is 0. The molecular formula is C17H17BrN2O2. The van der Waals surface area contributed by atoms with E-state index < -0.39 is 0 Å². The van der Waals surface area contributed by atoms with Crippen LogP contribution in [0, 0.1) is 0 Å². The number of aryl methyl sites for hydroxylation is 1. The van der Waals surface area contributed by atoms with E-state index in [9.17, 15) is 9.59 Å². The molecule has 0 heterocycles. The summed E-state index contributed by atoms with van der Waals surface area (Å²) in [4.78, 5) is 23.8. The number of anilines is 1. The zero-order chi connectivity index (χ0) is 15.9. The summed E-state index contributed by atoms with van der Waals surface area (Å²) in [5.41, 5.74) is 2.43. The summed E-state index contributed by atoms with van der Waals surface area (Å²) in [6.07, 6.45) is 0.955. The maximum atomic E-state index is 12.0. The molecule has 0 saturated heterocycles. The highest BCUT2D eigenvalue weighted by Crippen LogP contribution is 2.15. The summed E-state index contributed by atoms with van der Waals surface area (Å²) in [5, 5.41) is 5.35. The number of amides is 2. The van der Waals surface area contributed by atoms with Crippen LogP contribution in [0.25, 0.3) is 0 Å². The summed E-state index contributed by atoms with van der Waals surface area (Å²) in [6, 6.07) is 14.7. The van der Waals surface area contributed by atoms with Gasteiger partial charge in [-0.3, -0.25) is 9.59 Å². The molecule has 0 aromatic heterocycles. The van der Waals surface area contributed by atoms with Gasteiger partial charge in [-0.1, -0.05) is 31.2 Å². The third-order valence-corrected chi connectivity index (χ3v) is 3.87. The van der Waals surface area contributed by atoms with Crippen LogP contribution in [-0.4, -0.2) is 18.4 Å². The first-order chi connectivity index (χ1) is 10.6. The number of rotatable bonds is 5. The first-order valence-electron chi connectivity index (χ1n) is 7.01. The lowest BCUT2D eigenvalue weighted by atomic mass is 10.1. The Bertz CT molecular complexity index is 669. The lowest BCUT2D eigenvalue weighted by Crippen LogP contribution is -2.33. The maximum Gasteiger partial charge on any atom is 0.252 e. The minimum absolute atomic E-state index is 0.0737. The summed E-state index contributed by atoms with van der Waals surface area (Å²) >= 11 is 3.31. The van der Waals surface area contributed by atoms with E-state index in [0.29, 0.717) is 10.0 Å². The molecule has 0 saturated carbocycles. The van der Waals surface area contributed by atoms with Gasteiger partial charge in [0.2, 0.25) is 5.91 Å². The smallest absolute Gasteiger partial charge is 0.252 e. The van der Waals surface area contributed by atoms with Crippen LogP contribution in [0.4, 0.5) is 5.69 Å². The van der Waals surface area contributed by atoms with Crippen molar-refractivity contribution in [3.05, 3.63) is 64.1 Å². The molecule has 0 spiro atoms. The Labute approximate surface area is 138 Å². The van der Waals surface area contributed by atoms with Crippen molar-refractivity contribution in [2.45, 2.75) is 13.3 Å². The normalized spacial score (nSPS) is 10.1. The van der Waals surface area contributed by atoms with Gasteiger partial charge >= 0.3 is 0 Å². The van der Waals surface area contributed by atoms with Crippen molar-refractivity contribution < 1.29 is 9.59 Å². The fourth-order valence-electron chi connectivity index (χ4n) is 1.93. The quantitative estimate of drug-likeness (QED) is 0.858. The van der Waals surface area contributed by atoms with Gasteiger partial charge in [0.25, 0.3) is 5.91 Å². The van der Waals surface area contributed by atoms with Gasteiger partial charge in [-0.2, -0.15) is 0 Å². The molecule has 2 N–H and O–H groups in total. The predicted octanol–water partition coefficient (Wildman–Crippen LogP) is 3.38. The van der Waals surface area contributed by atoms with Crippen molar-refractivity contribution in [1.29, 1.82) is 0 Å². The van der Waals surface area contributed by atoms with Gasteiger partial charge in [-0.05, 0) is 52.2 Å². The maximum absolute atomic E-state index is 12.0. The van der Waals surface area contributed by atoms with Gasteiger partial charge < -0.3 is 10.6 Å². The molecule has 0 aliphatic rings. The molecule has 0 bridgehead atoms. The minimum Gasteiger partial charge on any atom is -0.343 e. The van der Waals surface area contributed by atoms with Crippen molar-refractivity contribution in [2.75, 3.05) is 11.9 Å². The van der Waals surface area contributed by atoms with Crippen molar-refractivity contribution in [3.63, 3.8) is 0 Å². The van der Waals surface area contributed by atoms with Crippen LogP contribution >= 0.6 is 15.9 Å². The number of carbonyl (C=O) groups excluding carboxylic acids is 2. The second-order valence-electron chi connectivity index (χ2n) is 4.76. The second-order valence-corrected chi connectivity index (χ2v) is 5.62. The van der Waals surface area contributed by atoms with E-state index in [0.717, 1.165) is 12.1 Å². The van der Waals surface area contributed by atoms with Crippen LogP contribution in [0.1, 0.15) is 22.8 Å². The minimum atomic E-state index is -0.288. The first-order valence-corrected chi connectivity index (χ1v) is 7.81. The van der Waals surface area contributed by atoms with Crippen LogP contribution in [0.15, 0.2) is 53.0 Å². The summed E-state index contributed by atoms with van der Waals surface area (Å²) in [5.74, 6) is -0.548. The Morgan fingerprint density at radius 3 is 2.36 bits per heavy atom. The second kappa shape index (κ2) is 7.75. The molecule has 0 atom stereocenters. The van der Waals surface area contributed by atoms with Gasteiger partial charge in [0.15, 0.2) is 0 Å². The van der Waals surface area contributed by atoms with Crippen molar-refractivity contribution >= 4 is 33.4 Å². The van der Waals surface area contributed by atoms with Crippen molar-refractivity contribution in [2.24, 2.45) is 0 Å². The molecule has 114 valence electrons. The van der Waals surface area contributed by atoms with Crippen molar-refractivity contribution in [1.82, 2.24) is 5.32 Å². The van der Waals surface area contributed by atoms with E-state index in [2.05, 4.69) is 33.5 Å². The Balaban J connectivity index is 1.87. The molecule has 2 aromatic rings. The molecule has 0 fully saturated rings. The molecule has 2 amide bonds. The average Bonchev–Trinajstić information content (AvgIpc) is 2.54. The zero-order valence-corrected chi connectivity index (χ0v) is 13.8. The Morgan fingerprint density at radius 1 is 1.05 bits per heavy atom. The lowest BCUT2D eigenvalue weighted by molar-refractivity contribution is -0.115. The van der Waals surface area contributed by atoms with E-state index in [-0.39, 0.29) is 18.4 Å².